The summed E-state index contributed by atoms with van der Waals surface area (Å²) in [4.78, 5) is 16.9. The van der Waals surface area contributed by atoms with Gasteiger partial charge in [0, 0.05) is 52.6 Å². The molecule has 7 rings (SSSR count). The Morgan fingerprint density at radius 3 is 2.33 bits per heavy atom. The highest BCUT2D eigenvalue weighted by Gasteiger charge is 2.22. The lowest BCUT2D eigenvalue weighted by molar-refractivity contribution is 0.0370. The number of hydrogen-bond donors (Lipinski definition) is 2. The van der Waals surface area contributed by atoms with Crippen molar-refractivity contribution in [2.24, 2.45) is 5.92 Å². The van der Waals surface area contributed by atoms with Crippen molar-refractivity contribution in [2.75, 3.05) is 43.9 Å². The predicted molar refractivity (Wildman–Crippen MR) is 235 cm³/mol. The number of hydrogen-bond acceptors (Lipinski definition) is 7. The van der Waals surface area contributed by atoms with Gasteiger partial charge in [-0.05, 0) is 133 Å². The van der Waals surface area contributed by atoms with E-state index in [-0.39, 0.29) is 10.9 Å². The van der Waals surface area contributed by atoms with Gasteiger partial charge >= 0.3 is 0 Å². The van der Waals surface area contributed by atoms with Crippen molar-refractivity contribution in [3.05, 3.63) is 155 Å². The van der Waals surface area contributed by atoms with E-state index in [0.29, 0.717) is 11.5 Å². The maximum atomic E-state index is 13.4. The summed E-state index contributed by atoms with van der Waals surface area (Å²) in [6.45, 7) is 6.24. The molecule has 5 aromatic rings. The Morgan fingerprint density at radius 2 is 1.61 bits per heavy atom. The number of nitrogens with zero attached hydrogens (tertiary/aromatic N) is 1. The van der Waals surface area contributed by atoms with Crippen molar-refractivity contribution >= 4 is 50.6 Å². The van der Waals surface area contributed by atoms with E-state index in [9.17, 15) is 13.2 Å². The second-order valence-corrected chi connectivity index (χ2v) is 18.1. The number of nitrogens with one attached hydrogen (secondary N) is 2. The summed E-state index contributed by atoms with van der Waals surface area (Å²) in [6, 6.07) is 39.4. The van der Waals surface area contributed by atoms with Crippen molar-refractivity contribution in [2.45, 2.75) is 54.9 Å². The fraction of sp³-hybridized carbons (Fsp3) is 0.298. The van der Waals surface area contributed by atoms with Gasteiger partial charge < -0.3 is 10.1 Å². The number of rotatable bonds is 15. The fourth-order valence-electron chi connectivity index (χ4n) is 7.59. The lowest BCUT2D eigenvalue weighted by atomic mass is 9.82. The first-order valence-electron chi connectivity index (χ1n) is 19.8. The molecule has 1 aliphatic heterocycles. The molecule has 57 heavy (non-hydrogen) atoms. The maximum Gasteiger partial charge on any atom is 0.264 e. The lowest BCUT2D eigenvalue weighted by Crippen LogP contribution is -2.39. The van der Waals surface area contributed by atoms with Crippen molar-refractivity contribution in [1.82, 2.24) is 9.62 Å². The van der Waals surface area contributed by atoms with E-state index in [0.717, 1.165) is 92.5 Å². The first-order valence-corrected chi connectivity index (χ1v) is 22.6. The molecule has 1 fully saturated rings. The second kappa shape index (κ2) is 19.4. The average molecular weight is 821 g/mol. The number of thioether (sulfide) groups is 1. The van der Waals surface area contributed by atoms with Crippen molar-refractivity contribution in [3.8, 4) is 11.1 Å². The van der Waals surface area contributed by atoms with Gasteiger partial charge in [0.2, 0.25) is 0 Å². The molecule has 1 amide bonds. The first-order chi connectivity index (χ1) is 27.7. The standard InChI is InChI=1S/C47H50ClN3O4S2/c1-34-31-44(23-24-46(34)49-42(25-26-51-27-29-55-30-28-51)33-56-43-8-3-2-4-9-43)57(53,54)50-47(52)39-17-15-37(16-18-39)36-13-11-35(12-14-36)32-40-7-5-6-10-45(40)38-19-21-41(48)22-20-38/h2-10,13,15-24,31,35,42,49H,11-12,14,25-30,32-33H2,1H3,(H,50,52)/t35?,42-/m1/s1. The Bertz CT molecular complexity index is 2260. The molecule has 296 valence electrons. The number of halogens is 1. The molecule has 2 N–H and O–H groups in total. The van der Waals surface area contributed by atoms with E-state index in [1.807, 2.05) is 49.4 Å². The number of benzene rings is 5. The maximum absolute atomic E-state index is 13.4. The van der Waals surface area contributed by atoms with Crippen molar-refractivity contribution in [3.63, 3.8) is 0 Å². The number of sulfonamides is 1. The third-order valence-corrected chi connectivity index (χ3v) is 13.7. The number of carbonyl (C=O) groups is 1. The quantitative estimate of drug-likeness (QED) is 0.102. The minimum absolute atomic E-state index is 0.0525. The van der Waals surface area contributed by atoms with Gasteiger partial charge in [-0.3, -0.25) is 9.69 Å². The number of anilines is 1. The number of carbonyl (C=O) groups excluding carboxylic acids is 1. The molecule has 1 heterocycles. The third-order valence-electron chi connectivity index (χ3n) is 10.9. The molecule has 1 saturated heterocycles. The van der Waals surface area contributed by atoms with Crippen molar-refractivity contribution < 1.29 is 17.9 Å². The van der Waals surface area contributed by atoms with Gasteiger partial charge in [-0.1, -0.05) is 84.4 Å². The zero-order chi connectivity index (χ0) is 39.6. The van der Waals surface area contributed by atoms with Crippen LogP contribution in [0.2, 0.25) is 5.02 Å². The predicted octanol–water partition coefficient (Wildman–Crippen LogP) is 10.2. The summed E-state index contributed by atoms with van der Waals surface area (Å²) in [5.74, 6) is 0.743. The van der Waals surface area contributed by atoms with Gasteiger partial charge in [-0.15, -0.1) is 11.8 Å². The highest BCUT2D eigenvalue weighted by atomic mass is 35.5. The van der Waals surface area contributed by atoms with Gasteiger partial charge in [0.1, 0.15) is 0 Å². The molecule has 1 unspecified atom stereocenters. The SMILES string of the molecule is Cc1cc(S(=O)(=O)NC(=O)c2ccc(C3=CCC(Cc4ccccc4-c4ccc(Cl)cc4)CC3)cc2)ccc1N[C@H](CCN1CCOCC1)CSc1ccccc1. The van der Waals surface area contributed by atoms with Crippen LogP contribution in [0.15, 0.2) is 137 Å². The Kier molecular flexibility index (Phi) is 13.9. The molecule has 0 saturated carbocycles. The van der Waals surface area contributed by atoms with Gasteiger partial charge in [0.05, 0.1) is 18.1 Å². The molecule has 0 radical (unpaired) electrons. The molecule has 2 aliphatic rings. The van der Waals surface area contributed by atoms with E-state index >= 15 is 0 Å². The Balaban J connectivity index is 0.946. The van der Waals surface area contributed by atoms with Crippen LogP contribution in [0.25, 0.3) is 16.7 Å². The highest BCUT2D eigenvalue weighted by molar-refractivity contribution is 7.99. The minimum Gasteiger partial charge on any atom is -0.381 e. The van der Waals surface area contributed by atoms with Crippen LogP contribution in [0.1, 0.15) is 52.7 Å². The molecule has 0 aromatic heterocycles. The highest BCUT2D eigenvalue weighted by Crippen LogP contribution is 2.35. The van der Waals surface area contributed by atoms with Crippen LogP contribution in [0.4, 0.5) is 5.69 Å². The van der Waals surface area contributed by atoms with Crippen LogP contribution in [-0.4, -0.2) is 63.9 Å². The van der Waals surface area contributed by atoms with Gasteiger partial charge in [-0.25, -0.2) is 13.1 Å². The summed E-state index contributed by atoms with van der Waals surface area (Å²) < 4.78 is 34.7. The zero-order valence-corrected chi connectivity index (χ0v) is 34.7. The summed E-state index contributed by atoms with van der Waals surface area (Å²) in [7, 11) is -4.10. The van der Waals surface area contributed by atoms with Gasteiger partial charge in [0.25, 0.3) is 15.9 Å². The molecule has 0 spiro atoms. The number of ether oxygens (including phenoxy) is 1. The molecular weight excluding hydrogens is 770 g/mol. The summed E-state index contributed by atoms with van der Waals surface area (Å²) in [5, 5.41) is 4.42. The monoisotopic (exact) mass is 819 g/mol. The van der Waals surface area contributed by atoms with Crippen LogP contribution in [0.3, 0.4) is 0 Å². The van der Waals surface area contributed by atoms with E-state index in [1.54, 1.807) is 42.1 Å². The topological polar surface area (TPSA) is 87.7 Å². The van der Waals surface area contributed by atoms with Crippen LogP contribution in [-0.2, 0) is 21.2 Å². The normalized spacial score (nSPS) is 16.7. The van der Waals surface area contributed by atoms with Crippen LogP contribution in [0.5, 0.6) is 0 Å². The molecule has 1 aliphatic carbocycles. The lowest BCUT2D eigenvalue weighted by Gasteiger charge is -2.29. The molecule has 2 atom stereocenters. The second-order valence-electron chi connectivity index (χ2n) is 14.9. The third kappa shape index (κ3) is 11.2. The largest absolute Gasteiger partial charge is 0.381 e. The zero-order valence-electron chi connectivity index (χ0n) is 32.3. The molecule has 5 aromatic carbocycles. The Labute approximate surface area is 346 Å². The van der Waals surface area contributed by atoms with Crippen LogP contribution >= 0.6 is 23.4 Å². The summed E-state index contributed by atoms with van der Waals surface area (Å²) in [5.41, 5.74) is 8.04. The van der Waals surface area contributed by atoms with Gasteiger partial charge in [0.15, 0.2) is 0 Å². The number of amides is 1. The first kappa shape index (κ1) is 40.8. The Morgan fingerprint density at radius 1 is 0.895 bits per heavy atom. The van der Waals surface area contributed by atoms with Crippen LogP contribution in [0, 0.1) is 12.8 Å². The minimum atomic E-state index is -4.10. The molecule has 0 bridgehead atoms. The van der Waals surface area contributed by atoms with E-state index in [1.165, 1.54) is 27.2 Å². The molecular formula is C47H50ClN3O4S2. The van der Waals surface area contributed by atoms with E-state index in [4.69, 9.17) is 16.3 Å². The molecule has 7 nitrogen and oxygen atoms in total. The fourth-order valence-corrected chi connectivity index (χ4v) is 9.77. The van der Waals surface area contributed by atoms with E-state index < -0.39 is 15.9 Å². The summed E-state index contributed by atoms with van der Waals surface area (Å²) in [6.07, 6.45) is 7.23. The summed E-state index contributed by atoms with van der Waals surface area (Å²) >= 11 is 7.94. The van der Waals surface area contributed by atoms with Crippen molar-refractivity contribution in [1.29, 1.82) is 0 Å². The number of morpholine rings is 1. The smallest absolute Gasteiger partial charge is 0.264 e. The number of aryl methyl sites for hydroxylation is 1. The van der Waals surface area contributed by atoms with E-state index in [2.05, 4.69) is 69.5 Å². The van der Waals surface area contributed by atoms with Crippen LogP contribution < -0.4 is 10.0 Å². The number of allylic oxidation sites excluding steroid dienone is 2. The Hall–Kier alpha value is -4.38. The average Bonchev–Trinajstić information content (AvgIpc) is 3.24. The van der Waals surface area contributed by atoms with Gasteiger partial charge in [-0.2, -0.15) is 0 Å². The molecule has 10 heteroatoms.